The van der Waals surface area contributed by atoms with Gasteiger partial charge in [-0.2, -0.15) is 0 Å². The average Bonchev–Trinajstić information content (AvgIpc) is 3.18. The normalized spacial score (nSPS) is 16.5. The van der Waals surface area contributed by atoms with E-state index in [1.807, 2.05) is 38.1 Å². The second-order valence-corrected chi connectivity index (χ2v) is 9.79. The zero-order valence-corrected chi connectivity index (χ0v) is 23.1. The molecule has 2 aromatic rings. The number of nitrogens with zero attached hydrogens (tertiary/aromatic N) is 2. The van der Waals surface area contributed by atoms with Crippen LogP contribution in [-0.4, -0.2) is 68.0 Å². The number of amides is 3. The van der Waals surface area contributed by atoms with E-state index >= 15 is 0 Å². The van der Waals surface area contributed by atoms with E-state index in [1.165, 1.54) is 0 Å². The Morgan fingerprint density at radius 3 is 2.59 bits per heavy atom. The van der Waals surface area contributed by atoms with Gasteiger partial charge in [-0.3, -0.25) is 19.3 Å². The maximum atomic E-state index is 13.2. The Bertz CT molecular complexity index is 1270. The van der Waals surface area contributed by atoms with E-state index in [-0.39, 0.29) is 11.4 Å². The highest BCUT2D eigenvalue weighted by Gasteiger charge is 2.36. The van der Waals surface area contributed by atoms with Crippen LogP contribution in [0.25, 0.3) is 6.08 Å². The first-order valence-corrected chi connectivity index (χ1v) is 13.8. The van der Waals surface area contributed by atoms with Gasteiger partial charge in [-0.1, -0.05) is 18.2 Å². The molecule has 2 heterocycles. The van der Waals surface area contributed by atoms with Crippen molar-refractivity contribution in [1.82, 2.24) is 4.90 Å². The molecule has 0 bridgehead atoms. The van der Waals surface area contributed by atoms with Crippen LogP contribution in [0.1, 0.15) is 25.0 Å². The number of carbonyl (C=O) groups is 3. The van der Waals surface area contributed by atoms with Crippen LogP contribution in [0, 0.1) is 0 Å². The van der Waals surface area contributed by atoms with Crippen molar-refractivity contribution >= 4 is 46.3 Å². The molecule has 0 aromatic heterocycles. The highest BCUT2D eigenvalue weighted by atomic mass is 32.2. The number of ether oxygens (including phenoxy) is 3. The van der Waals surface area contributed by atoms with Crippen LogP contribution in [0.15, 0.2) is 54.0 Å². The Morgan fingerprint density at radius 2 is 1.87 bits per heavy atom. The number of nitrogens with one attached hydrogen (secondary N) is 1. The highest BCUT2D eigenvalue weighted by molar-refractivity contribution is 8.18. The quantitative estimate of drug-likeness (QED) is 0.316. The monoisotopic (exact) mass is 551 g/mol. The van der Waals surface area contributed by atoms with Gasteiger partial charge in [-0.15, -0.1) is 6.58 Å². The summed E-state index contributed by atoms with van der Waals surface area (Å²) in [6, 6.07) is 11.1. The van der Waals surface area contributed by atoms with E-state index in [4.69, 9.17) is 14.2 Å². The summed E-state index contributed by atoms with van der Waals surface area (Å²) in [5, 5.41) is 2.37. The molecular weight excluding hydrogens is 518 g/mol. The Morgan fingerprint density at radius 1 is 1.13 bits per heavy atom. The number of allylic oxidation sites excluding steroid dienone is 1. The van der Waals surface area contributed by atoms with Crippen molar-refractivity contribution in [2.45, 2.75) is 20.3 Å². The van der Waals surface area contributed by atoms with Crippen LogP contribution in [0.4, 0.5) is 16.2 Å². The third-order valence-electron chi connectivity index (χ3n) is 6.11. The van der Waals surface area contributed by atoms with Crippen molar-refractivity contribution in [3.05, 3.63) is 65.1 Å². The number of thioether (sulfide) groups is 1. The maximum Gasteiger partial charge on any atom is 0.294 e. The summed E-state index contributed by atoms with van der Waals surface area (Å²) in [7, 11) is 0. The van der Waals surface area contributed by atoms with Gasteiger partial charge in [0, 0.05) is 18.7 Å². The average molecular weight is 552 g/mol. The summed E-state index contributed by atoms with van der Waals surface area (Å²) in [5.74, 6) is 0.229. The second-order valence-electron chi connectivity index (χ2n) is 8.80. The standard InChI is InChI=1S/C29H33N3O6S/c1-4-9-21-16-20(17-24(37-5-2)27(21)38-6-3)18-25-28(34)32(29(35)39-25)19-26(33)30-22-10-7-8-11-23(22)31-12-14-36-15-13-31/h4,7-8,10-11,16-18H,1,5-6,9,12-15,19H2,2-3H3,(H,30,33)/b25-18+. The lowest BCUT2D eigenvalue weighted by atomic mass is 10.0. The van der Waals surface area contributed by atoms with Crippen LogP contribution in [0.5, 0.6) is 11.5 Å². The zero-order chi connectivity index (χ0) is 27.8. The molecule has 2 saturated heterocycles. The molecule has 4 rings (SSSR count). The van der Waals surface area contributed by atoms with Gasteiger partial charge < -0.3 is 24.4 Å². The molecule has 206 valence electrons. The minimum Gasteiger partial charge on any atom is -0.490 e. The molecule has 0 saturated carbocycles. The van der Waals surface area contributed by atoms with Crippen LogP contribution in [-0.2, 0) is 20.7 Å². The summed E-state index contributed by atoms with van der Waals surface area (Å²) < 4.78 is 17.0. The van der Waals surface area contributed by atoms with Crippen molar-refractivity contribution in [2.75, 3.05) is 56.3 Å². The van der Waals surface area contributed by atoms with Gasteiger partial charge in [0.2, 0.25) is 5.91 Å². The second kappa shape index (κ2) is 13.3. The number of morpholine rings is 1. The van der Waals surface area contributed by atoms with Gasteiger partial charge >= 0.3 is 0 Å². The Labute approximate surface area is 232 Å². The number of carbonyl (C=O) groups excluding carboxylic acids is 3. The summed E-state index contributed by atoms with van der Waals surface area (Å²) >= 11 is 0.808. The number of imide groups is 1. The lowest BCUT2D eigenvalue weighted by Crippen LogP contribution is -2.38. The summed E-state index contributed by atoms with van der Waals surface area (Å²) in [6.07, 6.45) is 3.95. The van der Waals surface area contributed by atoms with Crippen LogP contribution in [0.2, 0.25) is 0 Å². The first-order valence-electron chi connectivity index (χ1n) is 13.0. The SMILES string of the molecule is C=CCc1cc(/C=C2/SC(=O)N(CC(=O)Nc3ccccc3N3CCOCC3)C2=O)cc(OCC)c1OCC. The molecule has 2 aliphatic rings. The van der Waals surface area contributed by atoms with Gasteiger partial charge in [0.25, 0.3) is 11.1 Å². The van der Waals surface area contributed by atoms with Gasteiger partial charge in [0.1, 0.15) is 6.54 Å². The van der Waals surface area contributed by atoms with E-state index in [2.05, 4.69) is 16.8 Å². The number of anilines is 2. The largest absolute Gasteiger partial charge is 0.490 e. The van der Waals surface area contributed by atoms with Crippen molar-refractivity contribution in [3.63, 3.8) is 0 Å². The first kappa shape index (κ1) is 28.3. The van der Waals surface area contributed by atoms with Crippen molar-refractivity contribution in [2.24, 2.45) is 0 Å². The molecule has 9 nitrogen and oxygen atoms in total. The molecule has 0 aliphatic carbocycles. The third-order valence-corrected chi connectivity index (χ3v) is 7.02. The number of hydrogen-bond acceptors (Lipinski definition) is 8. The third kappa shape index (κ3) is 6.82. The molecule has 0 spiro atoms. The smallest absolute Gasteiger partial charge is 0.294 e. The van der Waals surface area contributed by atoms with Crippen LogP contribution >= 0.6 is 11.8 Å². The summed E-state index contributed by atoms with van der Waals surface area (Å²) in [5.41, 5.74) is 3.05. The fraction of sp³-hybridized carbons (Fsp3) is 0.345. The molecule has 0 atom stereocenters. The summed E-state index contributed by atoms with van der Waals surface area (Å²) in [6.45, 7) is 10.8. The van der Waals surface area contributed by atoms with Gasteiger partial charge in [-0.25, -0.2) is 0 Å². The fourth-order valence-electron chi connectivity index (χ4n) is 4.43. The molecule has 2 aromatic carbocycles. The number of benzene rings is 2. The topological polar surface area (TPSA) is 97.4 Å². The van der Waals surface area contributed by atoms with Gasteiger partial charge in [0.05, 0.1) is 42.7 Å². The lowest BCUT2D eigenvalue weighted by Gasteiger charge is -2.30. The van der Waals surface area contributed by atoms with Crippen LogP contribution < -0.4 is 19.7 Å². The molecule has 39 heavy (non-hydrogen) atoms. The van der Waals surface area contributed by atoms with Crippen molar-refractivity contribution in [1.29, 1.82) is 0 Å². The molecule has 0 unspecified atom stereocenters. The number of hydrogen-bond donors (Lipinski definition) is 1. The molecule has 0 radical (unpaired) electrons. The lowest BCUT2D eigenvalue weighted by molar-refractivity contribution is -0.127. The van der Waals surface area contributed by atoms with Gasteiger partial charge in [-0.05, 0) is 67.9 Å². The predicted octanol–water partition coefficient (Wildman–Crippen LogP) is 4.72. The molecule has 3 amide bonds. The van der Waals surface area contributed by atoms with E-state index < -0.39 is 17.1 Å². The number of para-hydroxylation sites is 2. The first-order chi connectivity index (χ1) is 18.9. The summed E-state index contributed by atoms with van der Waals surface area (Å²) in [4.78, 5) is 42.1. The Kier molecular flexibility index (Phi) is 9.67. The molecule has 1 N–H and O–H groups in total. The van der Waals surface area contributed by atoms with Crippen molar-refractivity contribution in [3.8, 4) is 11.5 Å². The van der Waals surface area contributed by atoms with Gasteiger partial charge in [0.15, 0.2) is 11.5 Å². The van der Waals surface area contributed by atoms with E-state index in [1.54, 1.807) is 24.3 Å². The highest BCUT2D eigenvalue weighted by Crippen LogP contribution is 2.37. The van der Waals surface area contributed by atoms with E-state index in [0.29, 0.717) is 68.7 Å². The molecule has 10 heteroatoms. The van der Waals surface area contributed by atoms with Crippen LogP contribution in [0.3, 0.4) is 0 Å². The Balaban J connectivity index is 1.51. The fourth-order valence-corrected chi connectivity index (χ4v) is 5.26. The zero-order valence-electron chi connectivity index (χ0n) is 22.2. The maximum absolute atomic E-state index is 13.2. The van der Waals surface area contributed by atoms with E-state index in [0.717, 1.165) is 27.9 Å². The molecule has 2 fully saturated rings. The minimum absolute atomic E-state index is 0.234. The predicted molar refractivity (Wildman–Crippen MR) is 153 cm³/mol. The Hall–Kier alpha value is -3.76. The number of rotatable bonds is 11. The van der Waals surface area contributed by atoms with Crippen molar-refractivity contribution < 1.29 is 28.6 Å². The van der Waals surface area contributed by atoms with E-state index in [9.17, 15) is 14.4 Å². The molecular formula is C29H33N3O6S. The molecule has 2 aliphatic heterocycles. The minimum atomic E-state index is -0.515.